The number of rotatable bonds is 1. The Morgan fingerprint density at radius 1 is 0.636 bits per heavy atom. The molecule has 0 aromatic heterocycles. The number of benzene rings is 2. The number of nitrogens with zero attached hydrogens (tertiary/aromatic N) is 2. The van der Waals surface area contributed by atoms with E-state index in [-0.39, 0.29) is 11.8 Å². The third-order valence-electron chi connectivity index (χ3n) is 3.81. The fourth-order valence-corrected chi connectivity index (χ4v) is 2.70. The van der Waals surface area contributed by atoms with Gasteiger partial charge in [0.25, 0.3) is 11.8 Å². The second kappa shape index (κ2) is 4.70. The van der Waals surface area contributed by atoms with Gasteiger partial charge in [-0.15, -0.1) is 0 Å². The third-order valence-corrected chi connectivity index (χ3v) is 3.81. The fourth-order valence-electron chi connectivity index (χ4n) is 2.70. The molecule has 22 heavy (non-hydrogen) atoms. The van der Waals surface area contributed by atoms with E-state index in [0.717, 1.165) is 16.1 Å². The monoisotopic (exact) mass is 288 g/mol. The van der Waals surface area contributed by atoms with Gasteiger partial charge in [-0.25, -0.2) is 0 Å². The summed E-state index contributed by atoms with van der Waals surface area (Å²) in [5.41, 5.74) is 2.96. The summed E-state index contributed by atoms with van der Waals surface area (Å²) in [7, 11) is 0. The first-order chi connectivity index (χ1) is 10.8. The highest BCUT2D eigenvalue weighted by molar-refractivity contribution is 6.21. The van der Waals surface area contributed by atoms with E-state index in [4.69, 9.17) is 0 Å². The standard InChI is InChI=1S/C18H12N2O2/c21-17-15-7-3-4-8-16(15)18(22)20(17)19-11-9-13-5-1-2-6-14(13)10-12-19/h1-12H. The maximum atomic E-state index is 12.5. The maximum absolute atomic E-state index is 12.5. The molecule has 0 N–H and O–H groups in total. The normalized spacial score (nSPS) is 15.8. The van der Waals surface area contributed by atoms with Gasteiger partial charge in [0.1, 0.15) is 0 Å². The summed E-state index contributed by atoms with van der Waals surface area (Å²) in [5, 5.41) is 2.69. The summed E-state index contributed by atoms with van der Waals surface area (Å²) in [6.07, 6.45) is 7.23. The molecular weight excluding hydrogens is 276 g/mol. The predicted molar refractivity (Wildman–Crippen MR) is 83.3 cm³/mol. The molecule has 0 radical (unpaired) electrons. The number of carbonyl (C=O) groups excluding carboxylic acids is 2. The van der Waals surface area contributed by atoms with E-state index in [9.17, 15) is 9.59 Å². The topological polar surface area (TPSA) is 40.6 Å². The molecule has 106 valence electrons. The van der Waals surface area contributed by atoms with Gasteiger partial charge in [0.05, 0.1) is 11.1 Å². The number of amides is 2. The minimum absolute atomic E-state index is 0.305. The summed E-state index contributed by atoms with van der Waals surface area (Å²) < 4.78 is 0. The van der Waals surface area contributed by atoms with Crippen molar-refractivity contribution in [1.82, 2.24) is 10.0 Å². The lowest BCUT2D eigenvalue weighted by Gasteiger charge is -2.24. The summed E-state index contributed by atoms with van der Waals surface area (Å²) in [5.74, 6) is -0.610. The van der Waals surface area contributed by atoms with E-state index in [0.29, 0.717) is 11.1 Å². The zero-order valence-corrected chi connectivity index (χ0v) is 11.6. The number of hydrogen-bond acceptors (Lipinski definition) is 3. The number of imide groups is 1. The molecular formula is C18H12N2O2. The first-order valence-electron chi connectivity index (χ1n) is 6.97. The number of hydrogen-bond donors (Lipinski definition) is 0. The van der Waals surface area contributed by atoms with Gasteiger partial charge in [0, 0.05) is 12.4 Å². The molecule has 2 aromatic carbocycles. The van der Waals surface area contributed by atoms with Crippen LogP contribution in [0.3, 0.4) is 0 Å². The molecule has 4 rings (SSSR count). The van der Waals surface area contributed by atoms with Crippen LogP contribution in [0.25, 0.3) is 12.2 Å². The lowest BCUT2D eigenvalue weighted by atomic mass is 10.1. The molecule has 0 aliphatic carbocycles. The van der Waals surface area contributed by atoms with Crippen LogP contribution in [0, 0.1) is 0 Å². The minimum atomic E-state index is -0.305. The highest BCUT2D eigenvalue weighted by Gasteiger charge is 2.38. The van der Waals surface area contributed by atoms with E-state index in [1.807, 2.05) is 36.4 Å². The molecule has 0 bridgehead atoms. The molecule has 0 saturated heterocycles. The summed E-state index contributed by atoms with van der Waals surface area (Å²) in [6, 6.07) is 14.8. The van der Waals surface area contributed by atoms with Crippen molar-refractivity contribution in [3.63, 3.8) is 0 Å². The van der Waals surface area contributed by atoms with E-state index in [1.165, 1.54) is 5.01 Å². The number of carbonyl (C=O) groups is 2. The second-order valence-electron chi connectivity index (χ2n) is 5.11. The van der Waals surface area contributed by atoms with Crippen molar-refractivity contribution in [2.75, 3.05) is 0 Å². The van der Waals surface area contributed by atoms with Crippen molar-refractivity contribution in [2.45, 2.75) is 0 Å². The highest BCUT2D eigenvalue weighted by Crippen LogP contribution is 2.26. The Labute approximate surface area is 127 Å². The summed E-state index contributed by atoms with van der Waals surface area (Å²) in [4.78, 5) is 25.0. The molecule has 2 aromatic rings. The van der Waals surface area contributed by atoms with Crippen LogP contribution >= 0.6 is 0 Å². The van der Waals surface area contributed by atoms with Crippen LogP contribution < -0.4 is 0 Å². The second-order valence-corrected chi connectivity index (χ2v) is 5.11. The van der Waals surface area contributed by atoms with Crippen LogP contribution in [-0.2, 0) is 0 Å². The van der Waals surface area contributed by atoms with Crippen molar-refractivity contribution >= 4 is 24.0 Å². The molecule has 0 saturated carbocycles. The minimum Gasteiger partial charge on any atom is -0.267 e. The maximum Gasteiger partial charge on any atom is 0.281 e. The molecule has 4 nitrogen and oxygen atoms in total. The lowest BCUT2D eigenvalue weighted by molar-refractivity contribution is 0.0361. The molecule has 0 atom stereocenters. The SMILES string of the molecule is O=C1c2ccccc2C(=O)N1N1C=Cc2ccccc2C=C1. The van der Waals surface area contributed by atoms with Gasteiger partial charge < -0.3 is 0 Å². The Morgan fingerprint density at radius 3 is 1.59 bits per heavy atom. The van der Waals surface area contributed by atoms with Crippen LogP contribution in [0.1, 0.15) is 31.8 Å². The molecule has 0 unspecified atom stereocenters. The molecule has 0 fully saturated rings. The smallest absolute Gasteiger partial charge is 0.267 e. The predicted octanol–water partition coefficient (Wildman–Crippen LogP) is 3.15. The van der Waals surface area contributed by atoms with Gasteiger partial charge in [0.2, 0.25) is 0 Å². The van der Waals surface area contributed by atoms with Crippen molar-refractivity contribution in [3.05, 3.63) is 83.2 Å². The van der Waals surface area contributed by atoms with Gasteiger partial charge in [-0.3, -0.25) is 14.6 Å². The Bertz CT molecular complexity index is 784. The zero-order chi connectivity index (χ0) is 15.1. The van der Waals surface area contributed by atoms with Gasteiger partial charge in [-0.05, 0) is 35.4 Å². The van der Waals surface area contributed by atoms with Crippen LogP contribution in [0.2, 0.25) is 0 Å². The highest BCUT2D eigenvalue weighted by atomic mass is 16.2. The molecule has 0 spiro atoms. The van der Waals surface area contributed by atoms with E-state index in [1.54, 1.807) is 36.7 Å². The zero-order valence-electron chi connectivity index (χ0n) is 11.6. The van der Waals surface area contributed by atoms with Crippen molar-refractivity contribution in [3.8, 4) is 0 Å². The number of fused-ring (bicyclic) bond motifs is 2. The van der Waals surface area contributed by atoms with Crippen LogP contribution in [0.4, 0.5) is 0 Å². The van der Waals surface area contributed by atoms with Gasteiger partial charge in [0.15, 0.2) is 0 Å². The third kappa shape index (κ3) is 1.78. The quantitative estimate of drug-likeness (QED) is 0.757. The average molecular weight is 288 g/mol. The van der Waals surface area contributed by atoms with Crippen LogP contribution in [0.15, 0.2) is 60.9 Å². The molecule has 4 heteroatoms. The van der Waals surface area contributed by atoms with Crippen molar-refractivity contribution in [2.24, 2.45) is 0 Å². The van der Waals surface area contributed by atoms with Gasteiger partial charge in [-0.2, -0.15) is 5.01 Å². The Balaban J connectivity index is 1.74. The largest absolute Gasteiger partial charge is 0.281 e. The fraction of sp³-hybridized carbons (Fsp3) is 0. The Morgan fingerprint density at radius 2 is 1.09 bits per heavy atom. The first-order valence-corrected chi connectivity index (χ1v) is 6.97. The van der Waals surface area contributed by atoms with Crippen molar-refractivity contribution < 1.29 is 9.59 Å². The van der Waals surface area contributed by atoms with Crippen LogP contribution in [-0.4, -0.2) is 21.8 Å². The Hall–Kier alpha value is -3.14. The average Bonchev–Trinajstić information content (AvgIpc) is 2.71. The summed E-state index contributed by atoms with van der Waals surface area (Å²) >= 11 is 0. The lowest BCUT2D eigenvalue weighted by Crippen LogP contribution is -2.39. The molecule has 2 aliphatic rings. The molecule has 2 aliphatic heterocycles. The first kappa shape index (κ1) is 12.6. The van der Waals surface area contributed by atoms with E-state index in [2.05, 4.69) is 0 Å². The van der Waals surface area contributed by atoms with Crippen molar-refractivity contribution in [1.29, 1.82) is 0 Å². The summed E-state index contributed by atoms with van der Waals surface area (Å²) in [6.45, 7) is 0. The van der Waals surface area contributed by atoms with E-state index >= 15 is 0 Å². The Kier molecular flexibility index (Phi) is 2.69. The van der Waals surface area contributed by atoms with Gasteiger partial charge in [-0.1, -0.05) is 36.4 Å². The van der Waals surface area contributed by atoms with Crippen LogP contribution in [0.5, 0.6) is 0 Å². The molecule has 2 amide bonds. The number of hydrazine groups is 1. The van der Waals surface area contributed by atoms with Gasteiger partial charge >= 0.3 is 0 Å². The molecule has 2 heterocycles. The van der Waals surface area contributed by atoms with E-state index < -0.39 is 0 Å².